The van der Waals surface area contributed by atoms with Gasteiger partial charge in [-0.05, 0) is 41.9 Å². The minimum absolute atomic E-state index is 0.00868. The summed E-state index contributed by atoms with van der Waals surface area (Å²) in [4.78, 5) is 11.7. The topological polar surface area (TPSA) is 55.8 Å². The molecule has 2 rings (SSSR count). The maximum absolute atomic E-state index is 11.7. The second kappa shape index (κ2) is 7.31. The molecule has 0 aliphatic heterocycles. The SMILES string of the molecule is CC(C)(C)[Si](C)(C)Oc1ccc(OCc2ccccc2)cc1C(=O)O. The summed E-state index contributed by atoms with van der Waals surface area (Å²) in [6, 6.07) is 14.8. The fourth-order valence-electron chi connectivity index (χ4n) is 2.02. The highest BCUT2D eigenvalue weighted by atomic mass is 28.4. The van der Waals surface area contributed by atoms with E-state index in [1.54, 1.807) is 12.1 Å². The highest BCUT2D eigenvalue weighted by molar-refractivity contribution is 6.74. The molecule has 2 aromatic rings. The van der Waals surface area contributed by atoms with Crippen LogP contribution in [0.1, 0.15) is 36.7 Å². The van der Waals surface area contributed by atoms with Gasteiger partial charge < -0.3 is 14.3 Å². The van der Waals surface area contributed by atoms with Gasteiger partial charge in [0.25, 0.3) is 8.32 Å². The van der Waals surface area contributed by atoms with E-state index in [2.05, 4.69) is 33.9 Å². The van der Waals surface area contributed by atoms with Gasteiger partial charge in [0, 0.05) is 0 Å². The first-order valence-corrected chi connectivity index (χ1v) is 11.2. The van der Waals surface area contributed by atoms with Crippen LogP contribution >= 0.6 is 0 Å². The molecule has 0 heterocycles. The van der Waals surface area contributed by atoms with E-state index in [4.69, 9.17) is 9.16 Å². The molecule has 0 fully saturated rings. The van der Waals surface area contributed by atoms with Crippen molar-refractivity contribution in [2.24, 2.45) is 0 Å². The van der Waals surface area contributed by atoms with Gasteiger partial charge in [0.1, 0.15) is 23.7 Å². The molecule has 0 aliphatic rings. The van der Waals surface area contributed by atoms with E-state index in [0.29, 0.717) is 18.1 Å². The minimum atomic E-state index is -2.12. The Labute approximate surface area is 150 Å². The number of aromatic carboxylic acids is 1. The first kappa shape index (κ1) is 19.1. The fourth-order valence-corrected chi connectivity index (χ4v) is 3.06. The minimum Gasteiger partial charge on any atom is -0.543 e. The third-order valence-electron chi connectivity index (χ3n) is 4.60. The zero-order valence-corrected chi connectivity index (χ0v) is 16.5. The molecule has 5 heteroatoms. The van der Waals surface area contributed by atoms with Crippen molar-refractivity contribution in [2.75, 3.05) is 0 Å². The molecule has 25 heavy (non-hydrogen) atoms. The van der Waals surface area contributed by atoms with Gasteiger partial charge in [-0.3, -0.25) is 0 Å². The predicted octanol–water partition coefficient (Wildman–Crippen LogP) is 5.35. The standard InChI is InChI=1S/C20H26O4Si/c1-20(2,3)25(4,5)24-18-12-11-16(13-17(18)19(21)22)23-14-15-9-7-6-8-10-15/h6-13H,14H2,1-5H3,(H,21,22). The molecular formula is C20H26O4Si. The van der Waals surface area contributed by atoms with Crippen molar-refractivity contribution in [3.8, 4) is 11.5 Å². The van der Waals surface area contributed by atoms with Gasteiger partial charge in [0.2, 0.25) is 0 Å². The lowest BCUT2D eigenvalue weighted by molar-refractivity contribution is 0.0694. The van der Waals surface area contributed by atoms with E-state index in [1.165, 1.54) is 6.07 Å². The van der Waals surface area contributed by atoms with Gasteiger partial charge in [0.05, 0.1) is 0 Å². The van der Waals surface area contributed by atoms with Gasteiger partial charge in [-0.2, -0.15) is 0 Å². The van der Waals surface area contributed by atoms with Gasteiger partial charge in [-0.25, -0.2) is 4.79 Å². The van der Waals surface area contributed by atoms with Crippen LogP contribution < -0.4 is 9.16 Å². The van der Waals surface area contributed by atoms with Gasteiger partial charge >= 0.3 is 5.97 Å². The maximum atomic E-state index is 11.7. The number of ether oxygens (including phenoxy) is 1. The molecule has 0 saturated carbocycles. The average molecular weight is 359 g/mol. The molecule has 0 aromatic heterocycles. The second-order valence-electron chi connectivity index (χ2n) is 7.60. The number of hydrogen-bond acceptors (Lipinski definition) is 3. The molecule has 0 unspecified atom stereocenters. The van der Waals surface area contributed by atoms with E-state index in [1.807, 2.05) is 30.3 Å². The zero-order chi connectivity index (χ0) is 18.7. The van der Waals surface area contributed by atoms with Crippen LogP contribution in [0.25, 0.3) is 0 Å². The van der Waals surface area contributed by atoms with Gasteiger partial charge in [0.15, 0.2) is 0 Å². The van der Waals surface area contributed by atoms with E-state index in [9.17, 15) is 9.90 Å². The van der Waals surface area contributed by atoms with Crippen LogP contribution in [0.2, 0.25) is 18.1 Å². The number of carboxylic acid groups (broad SMARTS) is 1. The van der Waals surface area contributed by atoms with Crippen LogP contribution in [0, 0.1) is 0 Å². The lowest BCUT2D eigenvalue weighted by atomic mass is 10.2. The summed E-state index contributed by atoms with van der Waals surface area (Å²) in [6.45, 7) is 10.9. The highest BCUT2D eigenvalue weighted by Crippen LogP contribution is 2.38. The largest absolute Gasteiger partial charge is 0.543 e. The Balaban J connectivity index is 2.21. The third-order valence-corrected chi connectivity index (χ3v) is 8.94. The Hall–Kier alpha value is -2.27. The number of benzene rings is 2. The Morgan fingerprint density at radius 2 is 1.72 bits per heavy atom. The van der Waals surface area contributed by atoms with Crippen LogP contribution in [-0.4, -0.2) is 19.4 Å². The summed E-state index contributed by atoms with van der Waals surface area (Å²) in [7, 11) is -2.12. The predicted molar refractivity (Wildman–Crippen MR) is 102 cm³/mol. The molecule has 4 nitrogen and oxygen atoms in total. The summed E-state index contributed by atoms with van der Waals surface area (Å²) < 4.78 is 11.9. The van der Waals surface area contributed by atoms with E-state index in [0.717, 1.165) is 5.56 Å². The van der Waals surface area contributed by atoms with Crippen LogP contribution in [0.4, 0.5) is 0 Å². The molecule has 1 N–H and O–H groups in total. The van der Waals surface area contributed by atoms with Crippen molar-refractivity contribution in [3.05, 3.63) is 59.7 Å². The molecular weight excluding hydrogens is 332 g/mol. The van der Waals surface area contributed by atoms with Crippen molar-refractivity contribution in [3.63, 3.8) is 0 Å². The van der Waals surface area contributed by atoms with E-state index in [-0.39, 0.29) is 10.6 Å². The molecule has 0 aliphatic carbocycles. The molecule has 134 valence electrons. The zero-order valence-electron chi connectivity index (χ0n) is 15.5. The third kappa shape index (κ3) is 4.86. The number of carboxylic acids is 1. The van der Waals surface area contributed by atoms with E-state index >= 15 is 0 Å². The summed E-state index contributed by atoms with van der Waals surface area (Å²) in [6.07, 6.45) is 0. The lowest BCUT2D eigenvalue weighted by Crippen LogP contribution is -2.44. The number of rotatable bonds is 6. The summed E-state index contributed by atoms with van der Waals surface area (Å²) in [5.74, 6) is -0.0890. The molecule has 0 bridgehead atoms. The second-order valence-corrected chi connectivity index (χ2v) is 12.3. The molecule has 2 aromatic carbocycles. The molecule has 0 spiro atoms. The van der Waals surface area contributed by atoms with Crippen LogP contribution in [0.15, 0.2) is 48.5 Å². The quantitative estimate of drug-likeness (QED) is 0.707. The Kier molecular flexibility index (Phi) is 5.57. The fraction of sp³-hybridized carbons (Fsp3) is 0.350. The maximum Gasteiger partial charge on any atom is 0.339 e. The summed E-state index contributed by atoms with van der Waals surface area (Å²) in [5.41, 5.74) is 1.16. The molecule has 0 amide bonds. The van der Waals surface area contributed by atoms with Crippen LogP contribution in [0.5, 0.6) is 11.5 Å². The lowest BCUT2D eigenvalue weighted by Gasteiger charge is -2.36. The highest BCUT2D eigenvalue weighted by Gasteiger charge is 2.39. The van der Waals surface area contributed by atoms with Crippen molar-refractivity contribution in [1.29, 1.82) is 0 Å². The van der Waals surface area contributed by atoms with Crippen LogP contribution in [-0.2, 0) is 6.61 Å². The number of hydrogen-bond donors (Lipinski definition) is 1. The van der Waals surface area contributed by atoms with Crippen LogP contribution in [0.3, 0.4) is 0 Å². The van der Waals surface area contributed by atoms with Crippen molar-refractivity contribution < 1.29 is 19.1 Å². The van der Waals surface area contributed by atoms with E-state index < -0.39 is 14.3 Å². The Morgan fingerprint density at radius 3 is 2.28 bits per heavy atom. The van der Waals surface area contributed by atoms with Crippen molar-refractivity contribution >= 4 is 14.3 Å². The summed E-state index contributed by atoms with van der Waals surface area (Å²) in [5, 5.41) is 9.55. The first-order valence-electron chi connectivity index (χ1n) is 8.33. The molecule has 0 saturated heterocycles. The Morgan fingerprint density at radius 1 is 1.08 bits per heavy atom. The van der Waals surface area contributed by atoms with Crippen molar-refractivity contribution in [2.45, 2.75) is 45.5 Å². The molecule has 0 radical (unpaired) electrons. The molecule has 0 atom stereocenters. The normalized spacial score (nSPS) is 11.9. The number of carbonyl (C=O) groups is 1. The van der Waals surface area contributed by atoms with Gasteiger partial charge in [-0.1, -0.05) is 51.1 Å². The monoisotopic (exact) mass is 358 g/mol. The van der Waals surface area contributed by atoms with Crippen molar-refractivity contribution in [1.82, 2.24) is 0 Å². The van der Waals surface area contributed by atoms with Gasteiger partial charge in [-0.15, -0.1) is 0 Å². The smallest absolute Gasteiger partial charge is 0.339 e. The Bertz CT molecular complexity index is 733. The first-order chi connectivity index (χ1) is 11.6. The summed E-state index contributed by atoms with van der Waals surface area (Å²) >= 11 is 0. The average Bonchev–Trinajstić information content (AvgIpc) is 2.53.